The van der Waals surface area contributed by atoms with E-state index >= 15 is 0 Å². The second-order valence-electron chi connectivity index (χ2n) is 3.94. The van der Waals surface area contributed by atoms with Crippen molar-refractivity contribution in [2.24, 2.45) is 5.84 Å². The fourth-order valence-electron chi connectivity index (χ4n) is 1.57. The van der Waals surface area contributed by atoms with Crippen LogP contribution in [0.3, 0.4) is 0 Å². The summed E-state index contributed by atoms with van der Waals surface area (Å²) >= 11 is 4.78. The summed E-state index contributed by atoms with van der Waals surface area (Å²) in [7, 11) is 0. The number of hydrazine groups is 1. The number of thiophene rings is 1. The topological polar surface area (TPSA) is 64.3 Å². The van der Waals surface area contributed by atoms with E-state index in [1.54, 1.807) is 6.07 Å². The molecule has 100 valence electrons. The Kier molecular flexibility index (Phi) is 4.57. The highest BCUT2D eigenvalue weighted by atomic mass is 79.9. The molecule has 0 saturated heterocycles. The van der Waals surface area contributed by atoms with Crippen LogP contribution in [-0.4, -0.2) is 5.91 Å². The molecule has 3 N–H and O–H groups in total. The Labute approximate surface area is 123 Å². The minimum absolute atomic E-state index is 0.281. The molecule has 0 bridgehead atoms. The first-order chi connectivity index (χ1) is 9.10. The van der Waals surface area contributed by atoms with Gasteiger partial charge in [0, 0.05) is 9.35 Å². The van der Waals surface area contributed by atoms with Gasteiger partial charge in [0.05, 0.1) is 4.88 Å². The zero-order valence-corrected chi connectivity index (χ0v) is 12.7. The fourth-order valence-corrected chi connectivity index (χ4v) is 2.87. The lowest BCUT2D eigenvalue weighted by Gasteiger charge is -2.08. The Hall–Kier alpha value is -1.37. The molecule has 2 aromatic rings. The Balaban J connectivity index is 2.02. The molecular weight excluding hydrogens is 328 g/mol. The molecule has 0 atom stereocenters. The fraction of sp³-hybridized carbons (Fsp3) is 0.154. The Morgan fingerprint density at radius 1 is 1.42 bits per heavy atom. The number of rotatable bonds is 4. The van der Waals surface area contributed by atoms with E-state index in [1.165, 1.54) is 11.3 Å². The number of hydrogen-bond acceptors (Lipinski definition) is 4. The van der Waals surface area contributed by atoms with Gasteiger partial charge in [-0.1, -0.05) is 15.9 Å². The average molecular weight is 341 g/mol. The van der Waals surface area contributed by atoms with Crippen LogP contribution in [0.15, 0.2) is 34.8 Å². The standard InChI is InChI=1S/C13H13BrN2O2S/c1-8-6-9(14)2-4-11(8)18-7-10-3-5-12(19-10)13(17)16-15/h2-6H,7,15H2,1H3,(H,16,17). The van der Waals surface area contributed by atoms with Gasteiger partial charge in [-0.15, -0.1) is 11.3 Å². The summed E-state index contributed by atoms with van der Waals surface area (Å²) in [6.07, 6.45) is 0. The van der Waals surface area contributed by atoms with Crippen molar-refractivity contribution in [2.45, 2.75) is 13.5 Å². The van der Waals surface area contributed by atoms with Gasteiger partial charge in [-0.2, -0.15) is 0 Å². The number of nitrogens with two attached hydrogens (primary N) is 1. The summed E-state index contributed by atoms with van der Waals surface area (Å²) in [6.45, 7) is 2.42. The van der Waals surface area contributed by atoms with Gasteiger partial charge in [0.25, 0.3) is 5.91 Å². The third kappa shape index (κ3) is 3.56. The first-order valence-electron chi connectivity index (χ1n) is 5.59. The van der Waals surface area contributed by atoms with Crippen LogP contribution >= 0.6 is 27.3 Å². The van der Waals surface area contributed by atoms with Gasteiger partial charge in [0.2, 0.25) is 0 Å². The van der Waals surface area contributed by atoms with Gasteiger partial charge in [0.15, 0.2) is 0 Å². The number of nitrogen functional groups attached to an aromatic ring is 1. The summed E-state index contributed by atoms with van der Waals surface area (Å²) in [6, 6.07) is 9.45. The largest absolute Gasteiger partial charge is 0.488 e. The van der Waals surface area contributed by atoms with E-state index in [2.05, 4.69) is 21.4 Å². The molecule has 0 aliphatic carbocycles. The van der Waals surface area contributed by atoms with Crippen LogP contribution in [-0.2, 0) is 6.61 Å². The van der Waals surface area contributed by atoms with Crippen LogP contribution in [0, 0.1) is 6.92 Å². The van der Waals surface area contributed by atoms with Crippen LogP contribution < -0.4 is 16.0 Å². The average Bonchev–Trinajstić information content (AvgIpc) is 2.85. The quantitative estimate of drug-likeness (QED) is 0.510. The van der Waals surface area contributed by atoms with Gasteiger partial charge in [-0.3, -0.25) is 10.2 Å². The Morgan fingerprint density at radius 2 is 2.21 bits per heavy atom. The van der Waals surface area contributed by atoms with Crippen LogP contribution in [0.5, 0.6) is 5.75 Å². The van der Waals surface area contributed by atoms with E-state index in [0.29, 0.717) is 11.5 Å². The summed E-state index contributed by atoms with van der Waals surface area (Å²) < 4.78 is 6.75. The predicted molar refractivity (Wildman–Crippen MR) is 79.2 cm³/mol. The van der Waals surface area contributed by atoms with Gasteiger partial charge in [-0.05, 0) is 42.8 Å². The number of carbonyl (C=O) groups excluding carboxylic acids is 1. The molecule has 1 heterocycles. The van der Waals surface area contributed by atoms with Crippen LogP contribution in [0.1, 0.15) is 20.1 Å². The Bertz CT molecular complexity index is 598. The van der Waals surface area contributed by atoms with Crippen molar-refractivity contribution < 1.29 is 9.53 Å². The van der Waals surface area contributed by atoms with Gasteiger partial charge < -0.3 is 4.74 Å². The molecule has 0 unspecified atom stereocenters. The van der Waals surface area contributed by atoms with Crippen molar-refractivity contribution in [1.82, 2.24) is 5.43 Å². The van der Waals surface area contributed by atoms with E-state index < -0.39 is 0 Å². The molecule has 6 heteroatoms. The molecule has 0 aliphatic heterocycles. The number of nitrogens with one attached hydrogen (secondary N) is 1. The predicted octanol–water partition coefficient (Wildman–Crippen LogP) is 3.00. The summed E-state index contributed by atoms with van der Waals surface area (Å²) in [5, 5.41) is 0. The number of benzene rings is 1. The number of amides is 1. The van der Waals surface area contributed by atoms with Crippen LogP contribution in [0.2, 0.25) is 0 Å². The normalized spacial score (nSPS) is 10.3. The maximum atomic E-state index is 11.3. The molecule has 0 fully saturated rings. The smallest absolute Gasteiger partial charge is 0.275 e. The maximum Gasteiger partial charge on any atom is 0.275 e. The maximum absolute atomic E-state index is 11.3. The minimum Gasteiger partial charge on any atom is -0.488 e. The Morgan fingerprint density at radius 3 is 2.89 bits per heavy atom. The third-order valence-corrected chi connectivity index (χ3v) is 4.07. The first kappa shape index (κ1) is 14.0. The highest BCUT2D eigenvalue weighted by molar-refractivity contribution is 9.10. The molecule has 4 nitrogen and oxygen atoms in total. The summed E-state index contributed by atoms with van der Waals surface area (Å²) in [5.41, 5.74) is 3.17. The number of halogens is 1. The second kappa shape index (κ2) is 6.18. The number of hydrogen-bond donors (Lipinski definition) is 2. The minimum atomic E-state index is -0.281. The molecule has 19 heavy (non-hydrogen) atoms. The molecule has 0 spiro atoms. The van der Waals surface area contributed by atoms with Gasteiger partial charge in [-0.25, -0.2) is 5.84 Å². The van der Waals surface area contributed by atoms with Crippen molar-refractivity contribution >= 4 is 33.2 Å². The van der Waals surface area contributed by atoms with Crippen molar-refractivity contribution in [3.05, 3.63) is 50.1 Å². The van der Waals surface area contributed by atoms with E-state index in [-0.39, 0.29) is 5.91 Å². The lowest BCUT2D eigenvalue weighted by Crippen LogP contribution is -2.29. The molecule has 1 aromatic heterocycles. The molecule has 2 rings (SSSR count). The zero-order valence-electron chi connectivity index (χ0n) is 10.3. The third-order valence-electron chi connectivity index (χ3n) is 2.52. The van der Waals surface area contributed by atoms with Crippen molar-refractivity contribution in [2.75, 3.05) is 0 Å². The molecule has 0 saturated carbocycles. The van der Waals surface area contributed by atoms with Crippen molar-refractivity contribution in [3.8, 4) is 5.75 Å². The zero-order chi connectivity index (χ0) is 13.8. The number of ether oxygens (including phenoxy) is 1. The molecule has 1 aromatic carbocycles. The first-order valence-corrected chi connectivity index (χ1v) is 7.19. The lowest BCUT2D eigenvalue weighted by atomic mass is 10.2. The van der Waals surface area contributed by atoms with Gasteiger partial charge in [0.1, 0.15) is 12.4 Å². The highest BCUT2D eigenvalue weighted by Gasteiger charge is 2.08. The molecule has 1 amide bonds. The number of aryl methyl sites for hydroxylation is 1. The lowest BCUT2D eigenvalue weighted by molar-refractivity contribution is 0.0957. The van der Waals surface area contributed by atoms with Gasteiger partial charge >= 0.3 is 0 Å². The summed E-state index contributed by atoms with van der Waals surface area (Å²) in [5.74, 6) is 5.64. The second-order valence-corrected chi connectivity index (χ2v) is 6.02. The van der Waals surface area contributed by atoms with Crippen molar-refractivity contribution in [3.63, 3.8) is 0 Å². The van der Waals surface area contributed by atoms with E-state index in [1.807, 2.05) is 31.2 Å². The highest BCUT2D eigenvalue weighted by Crippen LogP contribution is 2.24. The monoisotopic (exact) mass is 340 g/mol. The van der Waals surface area contributed by atoms with E-state index in [0.717, 1.165) is 20.7 Å². The van der Waals surface area contributed by atoms with Crippen LogP contribution in [0.4, 0.5) is 0 Å². The molecular formula is C13H13BrN2O2S. The van der Waals surface area contributed by atoms with Crippen LogP contribution in [0.25, 0.3) is 0 Å². The summed E-state index contributed by atoms with van der Waals surface area (Å²) in [4.78, 5) is 12.9. The van der Waals surface area contributed by atoms with Crippen molar-refractivity contribution in [1.29, 1.82) is 0 Å². The SMILES string of the molecule is Cc1cc(Br)ccc1OCc1ccc(C(=O)NN)s1. The van der Waals surface area contributed by atoms with E-state index in [9.17, 15) is 4.79 Å². The van der Waals surface area contributed by atoms with E-state index in [4.69, 9.17) is 10.6 Å². The molecule has 0 radical (unpaired) electrons. The number of carbonyl (C=O) groups is 1. The molecule has 0 aliphatic rings.